The van der Waals surface area contributed by atoms with Crippen molar-refractivity contribution in [3.05, 3.63) is 48.0 Å². The molecule has 0 aliphatic carbocycles. The Kier molecular flexibility index (Phi) is 8.02. The molecule has 2 aromatic rings. The molecule has 0 fully saturated rings. The minimum Gasteiger partial charge on any atom is -0.497 e. The van der Waals surface area contributed by atoms with E-state index in [1.54, 1.807) is 38.3 Å². The van der Waals surface area contributed by atoms with Crippen molar-refractivity contribution in [3.63, 3.8) is 0 Å². The quantitative estimate of drug-likeness (QED) is 0.499. The van der Waals surface area contributed by atoms with E-state index in [1.165, 1.54) is 7.11 Å². The van der Waals surface area contributed by atoms with E-state index < -0.39 is 5.91 Å². The topological polar surface area (TPSA) is 98.2 Å². The normalized spacial score (nSPS) is 10.8. The van der Waals surface area contributed by atoms with Crippen molar-refractivity contribution in [2.75, 3.05) is 26.1 Å². The number of hydrazone groups is 1. The molecule has 0 unspecified atom stereocenters. The molecule has 8 heteroatoms. The largest absolute Gasteiger partial charge is 0.497 e. The summed E-state index contributed by atoms with van der Waals surface area (Å²) < 4.78 is 15.8. The van der Waals surface area contributed by atoms with E-state index in [9.17, 15) is 9.59 Å². The van der Waals surface area contributed by atoms with Crippen molar-refractivity contribution in [1.82, 2.24) is 5.43 Å². The Morgan fingerprint density at radius 3 is 2.48 bits per heavy atom. The van der Waals surface area contributed by atoms with E-state index in [0.29, 0.717) is 28.6 Å². The lowest BCUT2D eigenvalue weighted by atomic mass is 10.2. The van der Waals surface area contributed by atoms with Gasteiger partial charge in [0, 0.05) is 11.8 Å². The van der Waals surface area contributed by atoms with Crippen molar-refractivity contribution < 1.29 is 23.8 Å². The first kappa shape index (κ1) is 21.7. The summed E-state index contributed by atoms with van der Waals surface area (Å²) in [6, 6.07) is 12.5. The molecule has 29 heavy (non-hydrogen) atoms. The maximum Gasteiger partial charge on any atom is 0.277 e. The van der Waals surface area contributed by atoms with E-state index in [2.05, 4.69) is 15.8 Å². The predicted octanol–water partition coefficient (Wildman–Crippen LogP) is 2.91. The number of aryl methyl sites for hydroxylation is 1. The molecule has 0 spiro atoms. The molecule has 0 aliphatic heterocycles. The third-order valence-corrected chi connectivity index (χ3v) is 3.83. The minimum atomic E-state index is -0.414. The molecule has 2 amide bonds. The van der Waals surface area contributed by atoms with E-state index in [4.69, 9.17) is 14.2 Å². The van der Waals surface area contributed by atoms with E-state index in [-0.39, 0.29) is 18.9 Å². The van der Waals surface area contributed by atoms with Gasteiger partial charge >= 0.3 is 0 Å². The summed E-state index contributed by atoms with van der Waals surface area (Å²) in [5.74, 6) is 0.999. The van der Waals surface area contributed by atoms with Crippen LogP contribution in [0.5, 0.6) is 17.2 Å². The highest BCUT2D eigenvalue weighted by atomic mass is 16.5. The Labute approximate surface area is 169 Å². The molecule has 2 N–H and O–H groups in total. The van der Waals surface area contributed by atoms with Crippen molar-refractivity contribution in [2.24, 2.45) is 5.10 Å². The zero-order valence-corrected chi connectivity index (χ0v) is 16.9. The van der Waals surface area contributed by atoms with Crippen LogP contribution in [0.15, 0.2) is 47.6 Å². The lowest BCUT2D eigenvalue weighted by molar-refractivity contribution is -0.123. The Morgan fingerprint density at radius 2 is 1.79 bits per heavy atom. The highest BCUT2D eigenvalue weighted by Gasteiger charge is 2.10. The summed E-state index contributed by atoms with van der Waals surface area (Å²) in [5.41, 5.74) is 4.37. The average Bonchev–Trinajstić information content (AvgIpc) is 2.71. The standard InChI is InChI=1S/C21H25N3O5/c1-14-6-5-7-17(10-14)29-13-21(26)24-23-15(2)11-20(25)22-18-9-8-16(27-3)12-19(18)28-4/h5-10,12H,11,13H2,1-4H3,(H,22,25)(H,24,26)/b23-15+. The van der Waals surface area contributed by atoms with Crippen molar-refractivity contribution in [3.8, 4) is 17.2 Å². The first-order valence-electron chi connectivity index (χ1n) is 8.94. The second kappa shape index (κ2) is 10.7. The molecule has 0 aromatic heterocycles. The number of methoxy groups -OCH3 is 2. The van der Waals surface area contributed by atoms with Crippen LogP contribution in [0, 0.1) is 6.92 Å². The number of hydrogen-bond donors (Lipinski definition) is 2. The number of amides is 2. The summed E-state index contributed by atoms with van der Waals surface area (Å²) in [6.07, 6.45) is 0.00814. The number of rotatable bonds is 9. The number of nitrogens with one attached hydrogen (secondary N) is 2. The van der Waals surface area contributed by atoms with Gasteiger partial charge in [-0.25, -0.2) is 5.43 Å². The van der Waals surface area contributed by atoms with Gasteiger partial charge in [0.2, 0.25) is 5.91 Å². The van der Waals surface area contributed by atoms with Crippen LogP contribution in [-0.2, 0) is 9.59 Å². The molecule has 0 bridgehead atoms. The number of benzene rings is 2. The summed E-state index contributed by atoms with van der Waals surface area (Å²) in [6.45, 7) is 3.41. The van der Waals surface area contributed by atoms with Crippen LogP contribution < -0.4 is 25.0 Å². The second-order valence-electron chi connectivity index (χ2n) is 6.28. The first-order valence-corrected chi connectivity index (χ1v) is 8.94. The summed E-state index contributed by atoms with van der Waals surface area (Å²) in [4.78, 5) is 24.1. The van der Waals surface area contributed by atoms with Crippen molar-refractivity contribution in [1.29, 1.82) is 0 Å². The fourth-order valence-corrected chi connectivity index (χ4v) is 2.41. The molecule has 0 heterocycles. The summed E-state index contributed by atoms with van der Waals surface area (Å²) >= 11 is 0. The Morgan fingerprint density at radius 1 is 1.00 bits per heavy atom. The molecular weight excluding hydrogens is 374 g/mol. The van der Waals surface area contributed by atoms with Gasteiger partial charge in [0.25, 0.3) is 5.91 Å². The molecule has 154 valence electrons. The van der Waals surface area contributed by atoms with Gasteiger partial charge in [-0.15, -0.1) is 0 Å². The lowest BCUT2D eigenvalue weighted by Crippen LogP contribution is -2.26. The van der Waals surface area contributed by atoms with Crippen molar-refractivity contribution in [2.45, 2.75) is 20.3 Å². The molecule has 0 saturated carbocycles. The van der Waals surface area contributed by atoms with Crippen LogP contribution in [0.2, 0.25) is 0 Å². The van der Waals surface area contributed by atoms with Gasteiger partial charge < -0.3 is 19.5 Å². The third-order valence-electron chi connectivity index (χ3n) is 3.83. The van der Waals surface area contributed by atoms with Gasteiger partial charge in [0.1, 0.15) is 17.2 Å². The Hall–Kier alpha value is -3.55. The van der Waals surface area contributed by atoms with Crippen LogP contribution in [-0.4, -0.2) is 38.4 Å². The zero-order valence-electron chi connectivity index (χ0n) is 16.9. The van der Waals surface area contributed by atoms with E-state index in [1.807, 2.05) is 25.1 Å². The number of ether oxygens (including phenoxy) is 3. The molecule has 0 aliphatic rings. The molecule has 0 radical (unpaired) electrons. The monoisotopic (exact) mass is 399 g/mol. The fraction of sp³-hybridized carbons (Fsp3) is 0.286. The minimum absolute atomic E-state index is 0.00814. The average molecular weight is 399 g/mol. The highest BCUT2D eigenvalue weighted by Crippen LogP contribution is 2.29. The molecule has 2 rings (SSSR count). The summed E-state index contributed by atoms with van der Waals surface area (Å²) in [5, 5.41) is 6.68. The number of nitrogens with zero attached hydrogens (tertiary/aromatic N) is 1. The first-order chi connectivity index (χ1) is 13.9. The molecule has 0 atom stereocenters. The van der Waals surface area contributed by atoms with Crippen LogP contribution in [0.1, 0.15) is 18.9 Å². The van der Waals surface area contributed by atoms with Gasteiger partial charge in [-0.05, 0) is 43.7 Å². The molecular formula is C21H25N3O5. The molecule has 8 nitrogen and oxygen atoms in total. The predicted molar refractivity (Wildman–Crippen MR) is 111 cm³/mol. The summed E-state index contributed by atoms with van der Waals surface area (Å²) in [7, 11) is 3.05. The lowest BCUT2D eigenvalue weighted by Gasteiger charge is -2.11. The fourth-order valence-electron chi connectivity index (χ4n) is 2.41. The number of carbonyl (C=O) groups is 2. The Bertz CT molecular complexity index is 896. The highest BCUT2D eigenvalue weighted by molar-refractivity contribution is 6.06. The third kappa shape index (κ3) is 7.17. The SMILES string of the molecule is COc1ccc(NC(=O)C/C(C)=N/NC(=O)COc2cccc(C)c2)c(OC)c1. The molecule has 0 saturated heterocycles. The number of carbonyl (C=O) groups excluding carboxylic acids is 2. The maximum absolute atomic E-state index is 12.2. The number of hydrogen-bond acceptors (Lipinski definition) is 6. The van der Waals surface area contributed by atoms with Crippen LogP contribution in [0.25, 0.3) is 0 Å². The van der Waals surface area contributed by atoms with Gasteiger partial charge in [-0.3, -0.25) is 9.59 Å². The smallest absolute Gasteiger partial charge is 0.277 e. The molecule has 2 aromatic carbocycles. The van der Waals surface area contributed by atoms with Crippen LogP contribution in [0.3, 0.4) is 0 Å². The van der Waals surface area contributed by atoms with Gasteiger partial charge in [-0.2, -0.15) is 5.10 Å². The number of anilines is 1. The Balaban J connectivity index is 1.82. The van der Waals surface area contributed by atoms with Gasteiger partial charge in [-0.1, -0.05) is 12.1 Å². The van der Waals surface area contributed by atoms with Crippen LogP contribution in [0.4, 0.5) is 5.69 Å². The second-order valence-corrected chi connectivity index (χ2v) is 6.28. The van der Waals surface area contributed by atoms with Gasteiger partial charge in [0.15, 0.2) is 6.61 Å². The van der Waals surface area contributed by atoms with E-state index >= 15 is 0 Å². The van der Waals surface area contributed by atoms with Gasteiger partial charge in [0.05, 0.1) is 26.3 Å². The van der Waals surface area contributed by atoms with E-state index in [0.717, 1.165) is 5.56 Å². The zero-order chi connectivity index (χ0) is 21.2. The van der Waals surface area contributed by atoms with Crippen LogP contribution >= 0.6 is 0 Å². The maximum atomic E-state index is 12.2. The van der Waals surface area contributed by atoms with Crippen molar-refractivity contribution >= 4 is 23.2 Å².